The molecule has 1 aromatic carbocycles. The summed E-state index contributed by atoms with van der Waals surface area (Å²) in [4.78, 5) is 27.0. The van der Waals surface area contributed by atoms with Gasteiger partial charge >= 0.3 is 6.01 Å². The van der Waals surface area contributed by atoms with Crippen LogP contribution < -0.4 is 15.0 Å². The largest absolute Gasteiger partial charge is 0.467 e. The molecule has 1 aromatic heterocycles. The predicted molar refractivity (Wildman–Crippen MR) is 95.1 cm³/mol. The molecular weight excluding hydrogens is 318 g/mol. The Morgan fingerprint density at radius 3 is 2.68 bits per heavy atom. The maximum Gasteiger partial charge on any atom is 0.321 e. The maximum absolute atomic E-state index is 12.0. The number of nitrogens with zero attached hydrogens (tertiary/aromatic N) is 4. The third-order valence-corrected chi connectivity index (χ3v) is 3.87. The number of aromatic nitrogens is 3. The number of hydrogen-bond donors (Lipinski definition) is 1. The van der Waals surface area contributed by atoms with E-state index in [1.807, 2.05) is 30.3 Å². The molecule has 2 heterocycles. The van der Waals surface area contributed by atoms with Gasteiger partial charge in [-0.25, -0.2) is 0 Å². The highest BCUT2D eigenvalue weighted by Gasteiger charge is 2.17. The van der Waals surface area contributed by atoms with Crippen molar-refractivity contribution in [2.45, 2.75) is 19.4 Å². The molecule has 0 atom stereocenters. The zero-order chi connectivity index (χ0) is 17.5. The van der Waals surface area contributed by atoms with Gasteiger partial charge in [-0.3, -0.25) is 4.79 Å². The van der Waals surface area contributed by atoms with E-state index >= 15 is 0 Å². The van der Waals surface area contributed by atoms with Crippen molar-refractivity contribution >= 4 is 17.9 Å². The van der Waals surface area contributed by atoms with E-state index in [0.29, 0.717) is 11.8 Å². The van der Waals surface area contributed by atoms with E-state index in [2.05, 4.69) is 25.2 Å². The smallest absolute Gasteiger partial charge is 0.321 e. The van der Waals surface area contributed by atoms with Gasteiger partial charge in [-0.1, -0.05) is 30.3 Å². The van der Waals surface area contributed by atoms with Crippen LogP contribution in [0.1, 0.15) is 24.2 Å². The Morgan fingerprint density at radius 1 is 1.20 bits per heavy atom. The first-order valence-corrected chi connectivity index (χ1v) is 8.29. The fourth-order valence-electron chi connectivity index (χ4n) is 2.58. The van der Waals surface area contributed by atoms with Gasteiger partial charge in [-0.05, 0) is 24.5 Å². The molecule has 0 saturated carbocycles. The van der Waals surface area contributed by atoms with E-state index < -0.39 is 0 Å². The Morgan fingerprint density at radius 2 is 1.96 bits per heavy atom. The first kappa shape index (κ1) is 16.9. The molecule has 1 saturated heterocycles. The number of carbonyl (C=O) groups excluding carboxylic acids is 1. The third-order valence-electron chi connectivity index (χ3n) is 3.87. The normalized spacial score (nSPS) is 14.0. The molecular formula is C18H21N5O2. The summed E-state index contributed by atoms with van der Waals surface area (Å²) in [5, 5.41) is 2.79. The predicted octanol–water partition coefficient (Wildman–Crippen LogP) is 1.81. The molecule has 1 fully saturated rings. The molecule has 3 rings (SSSR count). The standard InChI is InChI=1S/C18H21N5O2/c1-25-18-21-15(20-17(22-18)23-11-5-6-12-23)13-19-16(24)10-9-14-7-3-2-4-8-14/h2-4,7-10H,5-6,11-13H2,1H3,(H,19,24)/b10-9+. The lowest BCUT2D eigenvalue weighted by Crippen LogP contribution is -2.25. The molecule has 2 aromatic rings. The van der Waals surface area contributed by atoms with Crippen LogP contribution >= 0.6 is 0 Å². The Kier molecular flexibility index (Phi) is 5.56. The number of carbonyl (C=O) groups is 1. The average Bonchev–Trinajstić information content (AvgIpc) is 3.20. The van der Waals surface area contributed by atoms with Crippen LogP contribution in [0, 0.1) is 0 Å². The molecule has 25 heavy (non-hydrogen) atoms. The number of ether oxygens (including phenoxy) is 1. The second-order valence-electron chi connectivity index (χ2n) is 5.69. The minimum Gasteiger partial charge on any atom is -0.467 e. The zero-order valence-electron chi connectivity index (χ0n) is 14.2. The molecule has 7 nitrogen and oxygen atoms in total. The van der Waals surface area contributed by atoms with Gasteiger partial charge in [-0.15, -0.1) is 0 Å². The van der Waals surface area contributed by atoms with Gasteiger partial charge in [0.15, 0.2) is 5.82 Å². The molecule has 0 radical (unpaired) electrons. The van der Waals surface area contributed by atoms with Crippen molar-refractivity contribution in [1.29, 1.82) is 0 Å². The van der Waals surface area contributed by atoms with Crippen LogP contribution in [0.2, 0.25) is 0 Å². The molecule has 0 spiro atoms. The summed E-state index contributed by atoms with van der Waals surface area (Å²) >= 11 is 0. The van der Waals surface area contributed by atoms with Crippen LogP contribution in [0.25, 0.3) is 6.08 Å². The summed E-state index contributed by atoms with van der Waals surface area (Å²) < 4.78 is 5.15. The monoisotopic (exact) mass is 339 g/mol. The van der Waals surface area contributed by atoms with Crippen molar-refractivity contribution in [2.24, 2.45) is 0 Å². The third kappa shape index (κ3) is 4.76. The number of methoxy groups -OCH3 is 1. The fraction of sp³-hybridized carbons (Fsp3) is 0.333. The lowest BCUT2D eigenvalue weighted by Gasteiger charge is -2.16. The minimum atomic E-state index is -0.203. The zero-order valence-corrected chi connectivity index (χ0v) is 14.2. The van der Waals surface area contributed by atoms with Crippen molar-refractivity contribution in [2.75, 3.05) is 25.1 Å². The van der Waals surface area contributed by atoms with Gasteiger partial charge < -0.3 is 15.0 Å². The van der Waals surface area contributed by atoms with Crippen LogP contribution in [-0.2, 0) is 11.3 Å². The van der Waals surface area contributed by atoms with Gasteiger partial charge in [-0.2, -0.15) is 15.0 Å². The van der Waals surface area contributed by atoms with Crippen LogP contribution in [0.4, 0.5) is 5.95 Å². The van der Waals surface area contributed by atoms with E-state index in [9.17, 15) is 4.79 Å². The quantitative estimate of drug-likeness (QED) is 0.809. The van der Waals surface area contributed by atoms with Gasteiger partial charge in [0.05, 0.1) is 13.7 Å². The van der Waals surface area contributed by atoms with E-state index in [1.165, 1.54) is 13.2 Å². The Bertz CT molecular complexity index is 742. The van der Waals surface area contributed by atoms with Crippen LogP contribution in [-0.4, -0.2) is 41.1 Å². The van der Waals surface area contributed by atoms with E-state index in [4.69, 9.17) is 4.74 Å². The van der Waals surface area contributed by atoms with E-state index in [1.54, 1.807) is 6.08 Å². The van der Waals surface area contributed by atoms with Crippen molar-refractivity contribution in [3.8, 4) is 6.01 Å². The second kappa shape index (κ2) is 8.23. The second-order valence-corrected chi connectivity index (χ2v) is 5.69. The lowest BCUT2D eigenvalue weighted by molar-refractivity contribution is -0.116. The van der Waals surface area contributed by atoms with Crippen LogP contribution in [0.15, 0.2) is 36.4 Å². The lowest BCUT2D eigenvalue weighted by atomic mass is 10.2. The van der Waals surface area contributed by atoms with Crippen molar-refractivity contribution in [3.05, 3.63) is 47.8 Å². The van der Waals surface area contributed by atoms with E-state index in [0.717, 1.165) is 31.5 Å². The van der Waals surface area contributed by atoms with Crippen LogP contribution in [0.5, 0.6) is 6.01 Å². The SMILES string of the molecule is COc1nc(CNC(=O)/C=C/c2ccccc2)nc(N2CCCC2)n1. The summed E-state index contributed by atoms with van der Waals surface area (Å²) in [5.41, 5.74) is 0.968. The first-order chi connectivity index (χ1) is 12.2. The summed E-state index contributed by atoms with van der Waals surface area (Å²) in [7, 11) is 1.52. The molecule has 7 heteroatoms. The highest BCUT2D eigenvalue weighted by atomic mass is 16.5. The molecule has 1 amide bonds. The van der Waals surface area contributed by atoms with Crippen molar-refractivity contribution in [3.63, 3.8) is 0 Å². The summed E-state index contributed by atoms with van der Waals surface area (Å²) in [6, 6.07) is 9.92. The van der Waals surface area contributed by atoms with Crippen molar-refractivity contribution in [1.82, 2.24) is 20.3 Å². The molecule has 0 aliphatic carbocycles. The molecule has 1 aliphatic rings. The number of rotatable bonds is 6. The maximum atomic E-state index is 12.0. The van der Waals surface area contributed by atoms with Gasteiger partial charge in [0, 0.05) is 19.2 Å². The van der Waals surface area contributed by atoms with Gasteiger partial charge in [0.2, 0.25) is 11.9 Å². The topological polar surface area (TPSA) is 80.2 Å². The average molecular weight is 339 g/mol. The Hall–Kier alpha value is -2.96. The summed E-state index contributed by atoms with van der Waals surface area (Å²) in [5.74, 6) is 0.884. The van der Waals surface area contributed by atoms with Gasteiger partial charge in [0.25, 0.3) is 0 Å². The minimum absolute atomic E-state index is 0.203. The molecule has 0 bridgehead atoms. The highest BCUT2D eigenvalue weighted by molar-refractivity contribution is 5.91. The van der Waals surface area contributed by atoms with Crippen molar-refractivity contribution < 1.29 is 9.53 Å². The van der Waals surface area contributed by atoms with E-state index in [-0.39, 0.29) is 18.5 Å². The number of amides is 1. The van der Waals surface area contributed by atoms with Gasteiger partial charge in [0.1, 0.15) is 0 Å². The Balaban J connectivity index is 1.62. The molecule has 130 valence electrons. The number of anilines is 1. The molecule has 1 aliphatic heterocycles. The first-order valence-electron chi connectivity index (χ1n) is 8.29. The number of hydrogen-bond acceptors (Lipinski definition) is 6. The highest BCUT2D eigenvalue weighted by Crippen LogP contribution is 2.17. The van der Waals surface area contributed by atoms with Crippen LogP contribution in [0.3, 0.4) is 0 Å². The molecule has 1 N–H and O–H groups in total. The number of benzene rings is 1. The summed E-state index contributed by atoms with van der Waals surface area (Å²) in [6.07, 6.45) is 5.52. The summed E-state index contributed by atoms with van der Waals surface area (Å²) in [6.45, 7) is 2.08. The fourth-order valence-corrected chi connectivity index (χ4v) is 2.58. The molecule has 0 unspecified atom stereocenters. The number of nitrogens with one attached hydrogen (secondary N) is 1. The Labute approximate surface area is 146 Å².